The first kappa shape index (κ1) is 9.19. The zero-order valence-corrected chi connectivity index (χ0v) is 7.13. The number of nitriles is 1. The third-order valence-corrected chi connectivity index (χ3v) is 1.23. The molecule has 0 aliphatic carbocycles. The van der Waals surface area contributed by atoms with Crippen molar-refractivity contribution in [1.82, 2.24) is 0 Å². The number of halogens is 1. The van der Waals surface area contributed by atoms with Gasteiger partial charge in [0.15, 0.2) is 0 Å². The molecule has 1 nitrogen and oxygen atoms in total. The van der Waals surface area contributed by atoms with Crippen LogP contribution >= 0.6 is 15.9 Å². The molecular weight excluding hydrogens is 190 g/mol. The molecule has 0 saturated heterocycles. The molecule has 2 heteroatoms. The maximum Gasteiger partial charge on any atom is 0.0669 e. The van der Waals surface area contributed by atoms with Crippen LogP contribution in [0.4, 0.5) is 0 Å². The van der Waals surface area contributed by atoms with E-state index in [4.69, 9.17) is 5.26 Å². The maximum absolute atomic E-state index is 8.29. The van der Waals surface area contributed by atoms with Gasteiger partial charge in [-0.25, -0.2) is 0 Å². The Labute approximate surface area is 69.5 Å². The van der Waals surface area contributed by atoms with Crippen LogP contribution in [0.2, 0.25) is 0 Å². The molecule has 0 rings (SSSR count). The van der Waals surface area contributed by atoms with Gasteiger partial charge in [0.1, 0.15) is 0 Å². The Hall–Kier alpha value is -0.810. The van der Waals surface area contributed by atoms with Crippen LogP contribution in [-0.4, -0.2) is 0 Å². The molecule has 0 spiro atoms. The summed E-state index contributed by atoms with van der Waals surface area (Å²) < 4.78 is 0. The Bertz CT molecular complexity index is 196. The van der Waals surface area contributed by atoms with Crippen LogP contribution < -0.4 is 0 Å². The molecule has 0 aromatic carbocycles. The highest BCUT2D eigenvalue weighted by atomic mass is 79.9. The highest BCUT2D eigenvalue weighted by Crippen LogP contribution is 2.01. The number of hydrogen-bond acceptors (Lipinski definition) is 1. The fraction of sp³-hybridized carbons (Fsp3) is 0.125. The highest BCUT2D eigenvalue weighted by molar-refractivity contribution is 9.11. The van der Waals surface area contributed by atoms with E-state index in [0.29, 0.717) is 6.42 Å². The monoisotopic (exact) mass is 197 g/mol. The summed E-state index contributed by atoms with van der Waals surface area (Å²) >= 11 is 3.12. The van der Waals surface area contributed by atoms with Gasteiger partial charge in [0.25, 0.3) is 0 Å². The molecule has 0 saturated carbocycles. The minimum absolute atomic E-state index is 0.418. The molecule has 0 unspecified atom stereocenters. The van der Waals surface area contributed by atoms with Gasteiger partial charge < -0.3 is 0 Å². The zero-order chi connectivity index (χ0) is 7.82. The van der Waals surface area contributed by atoms with E-state index in [1.54, 1.807) is 11.1 Å². The second-order valence-electron chi connectivity index (χ2n) is 1.60. The molecule has 10 heavy (non-hydrogen) atoms. The minimum Gasteiger partial charge on any atom is -0.198 e. The predicted molar refractivity (Wildman–Crippen MR) is 46.6 cm³/mol. The zero-order valence-electron chi connectivity index (χ0n) is 5.55. The summed E-state index contributed by atoms with van der Waals surface area (Å²) in [5.74, 6) is 0. The molecule has 0 aliphatic heterocycles. The molecule has 0 heterocycles. The SMILES string of the molecule is C=C/C(=C\C=C\Br)CC#N. The van der Waals surface area contributed by atoms with Crippen LogP contribution in [0.25, 0.3) is 0 Å². The Kier molecular flexibility index (Phi) is 5.80. The van der Waals surface area contributed by atoms with Crippen LogP contribution in [0.3, 0.4) is 0 Å². The molecule has 0 aliphatic rings. The second kappa shape index (κ2) is 6.31. The van der Waals surface area contributed by atoms with Crippen molar-refractivity contribution >= 4 is 15.9 Å². The molecule has 0 fully saturated rings. The minimum atomic E-state index is 0.418. The summed E-state index contributed by atoms with van der Waals surface area (Å²) in [6.07, 6.45) is 5.75. The number of hydrogen-bond donors (Lipinski definition) is 0. The van der Waals surface area contributed by atoms with Crippen molar-refractivity contribution in [1.29, 1.82) is 5.26 Å². The van der Waals surface area contributed by atoms with Crippen LogP contribution in [0, 0.1) is 11.3 Å². The molecule has 0 radical (unpaired) electrons. The van der Waals surface area contributed by atoms with Crippen molar-refractivity contribution in [3.8, 4) is 6.07 Å². The third kappa shape index (κ3) is 4.11. The lowest BCUT2D eigenvalue weighted by molar-refractivity contribution is 1.28. The van der Waals surface area contributed by atoms with Crippen molar-refractivity contribution < 1.29 is 0 Å². The number of allylic oxidation sites excluding steroid dienone is 4. The summed E-state index contributed by atoms with van der Waals surface area (Å²) in [5.41, 5.74) is 0.929. The maximum atomic E-state index is 8.29. The summed E-state index contributed by atoms with van der Waals surface area (Å²) in [5, 5.41) is 8.29. The molecule has 0 N–H and O–H groups in total. The Morgan fingerprint density at radius 1 is 1.70 bits per heavy atom. The molecule has 0 aromatic rings. The van der Waals surface area contributed by atoms with Gasteiger partial charge in [-0.15, -0.1) is 0 Å². The lowest BCUT2D eigenvalue weighted by atomic mass is 10.2. The topological polar surface area (TPSA) is 23.8 Å². The summed E-state index contributed by atoms with van der Waals surface area (Å²) in [7, 11) is 0. The molecule has 0 aromatic heterocycles. The molecule has 0 amide bonds. The van der Waals surface area contributed by atoms with E-state index < -0.39 is 0 Å². The van der Waals surface area contributed by atoms with E-state index in [2.05, 4.69) is 22.5 Å². The molecule has 0 atom stereocenters. The molecule has 0 bridgehead atoms. The van der Waals surface area contributed by atoms with E-state index in [-0.39, 0.29) is 0 Å². The normalized spacial score (nSPS) is 11.4. The first-order valence-corrected chi connectivity index (χ1v) is 3.72. The largest absolute Gasteiger partial charge is 0.198 e. The average molecular weight is 198 g/mol. The standard InChI is InChI=1S/C8H8BrN/c1-2-8(5-7-10)4-3-6-9/h2-4,6H,1,5H2/b6-3+,8-4+. The van der Waals surface area contributed by atoms with Crippen molar-refractivity contribution in [3.63, 3.8) is 0 Å². The van der Waals surface area contributed by atoms with Gasteiger partial charge in [-0.05, 0) is 10.6 Å². The van der Waals surface area contributed by atoms with Gasteiger partial charge >= 0.3 is 0 Å². The van der Waals surface area contributed by atoms with Crippen molar-refractivity contribution in [2.45, 2.75) is 6.42 Å². The van der Waals surface area contributed by atoms with Gasteiger partial charge in [0.05, 0.1) is 12.5 Å². The van der Waals surface area contributed by atoms with Crippen LogP contribution in [0.1, 0.15) is 6.42 Å². The smallest absolute Gasteiger partial charge is 0.0669 e. The Balaban J connectivity index is 4.06. The second-order valence-corrected chi connectivity index (χ2v) is 2.13. The first-order valence-electron chi connectivity index (χ1n) is 2.80. The van der Waals surface area contributed by atoms with E-state index in [9.17, 15) is 0 Å². The predicted octanol–water partition coefficient (Wildman–Crippen LogP) is 2.92. The van der Waals surface area contributed by atoms with Gasteiger partial charge in [0, 0.05) is 0 Å². The van der Waals surface area contributed by atoms with Crippen LogP contribution in [0.5, 0.6) is 0 Å². The quantitative estimate of drug-likeness (QED) is 0.639. The summed E-state index contributed by atoms with van der Waals surface area (Å²) in [6.45, 7) is 3.56. The fourth-order valence-corrected chi connectivity index (χ4v) is 0.603. The van der Waals surface area contributed by atoms with Crippen LogP contribution in [0.15, 0.2) is 35.4 Å². The van der Waals surface area contributed by atoms with E-state index in [0.717, 1.165) is 5.57 Å². The number of nitrogens with zero attached hydrogens (tertiary/aromatic N) is 1. The van der Waals surface area contributed by atoms with Crippen LogP contribution in [-0.2, 0) is 0 Å². The van der Waals surface area contributed by atoms with E-state index >= 15 is 0 Å². The van der Waals surface area contributed by atoms with Crippen molar-refractivity contribution in [2.24, 2.45) is 0 Å². The van der Waals surface area contributed by atoms with Crippen molar-refractivity contribution in [2.75, 3.05) is 0 Å². The summed E-state index contributed by atoms with van der Waals surface area (Å²) in [4.78, 5) is 1.73. The van der Waals surface area contributed by atoms with Gasteiger partial charge in [-0.1, -0.05) is 40.7 Å². The Morgan fingerprint density at radius 3 is 2.80 bits per heavy atom. The van der Waals surface area contributed by atoms with Gasteiger partial charge in [0.2, 0.25) is 0 Å². The Morgan fingerprint density at radius 2 is 2.40 bits per heavy atom. The van der Waals surface area contributed by atoms with Gasteiger partial charge in [-0.3, -0.25) is 0 Å². The molecular formula is C8H8BrN. The van der Waals surface area contributed by atoms with Gasteiger partial charge in [-0.2, -0.15) is 5.26 Å². The lowest BCUT2D eigenvalue weighted by Gasteiger charge is -1.87. The number of rotatable bonds is 3. The average Bonchev–Trinajstić information content (AvgIpc) is 1.98. The lowest BCUT2D eigenvalue weighted by Crippen LogP contribution is -1.71. The molecule has 52 valence electrons. The fourth-order valence-electron chi connectivity index (χ4n) is 0.450. The van der Waals surface area contributed by atoms with E-state index in [1.807, 2.05) is 18.2 Å². The van der Waals surface area contributed by atoms with Crippen molar-refractivity contribution in [3.05, 3.63) is 35.4 Å². The van der Waals surface area contributed by atoms with E-state index in [1.165, 1.54) is 0 Å². The third-order valence-electron chi connectivity index (χ3n) is 0.928. The summed E-state index contributed by atoms with van der Waals surface area (Å²) in [6, 6.07) is 2.04. The first-order chi connectivity index (χ1) is 4.85. The highest BCUT2D eigenvalue weighted by Gasteiger charge is 1.84.